The number of alkyl halides is 3. The highest BCUT2D eigenvalue weighted by Gasteiger charge is 2.35. The highest BCUT2D eigenvalue weighted by Crippen LogP contribution is 2.38. The van der Waals surface area contributed by atoms with E-state index in [2.05, 4.69) is 10.1 Å². The van der Waals surface area contributed by atoms with Crippen molar-refractivity contribution in [2.45, 2.75) is 31.7 Å². The molecule has 0 bridgehead atoms. The highest BCUT2D eigenvalue weighted by atomic mass is 35.5. The second kappa shape index (κ2) is 9.05. The Hall–Kier alpha value is -2.30. The number of piperidine rings is 1. The average molecular weight is 477 g/mol. The van der Waals surface area contributed by atoms with Crippen LogP contribution in [0.1, 0.15) is 19.3 Å². The molecule has 11 heteroatoms. The summed E-state index contributed by atoms with van der Waals surface area (Å²) in [7, 11) is -3.54. The number of nitrogens with zero attached hydrogens (tertiary/aromatic N) is 1. The zero-order valence-electron chi connectivity index (χ0n) is 16.4. The van der Waals surface area contributed by atoms with Gasteiger partial charge in [-0.1, -0.05) is 42.3 Å². The van der Waals surface area contributed by atoms with Gasteiger partial charge in [0.05, 0.1) is 11.3 Å². The van der Waals surface area contributed by atoms with Crippen LogP contribution in [0.15, 0.2) is 42.5 Å². The van der Waals surface area contributed by atoms with E-state index in [4.69, 9.17) is 11.6 Å². The Morgan fingerprint density at radius 3 is 2.52 bits per heavy atom. The van der Waals surface area contributed by atoms with Crippen LogP contribution in [0.3, 0.4) is 0 Å². The SMILES string of the molecule is CS(=O)(=O)N1CCCCC1C(=O)Nc1ccc(-c2ccccc2OC(F)(F)F)c(Cl)c1. The van der Waals surface area contributed by atoms with Crippen molar-refractivity contribution < 1.29 is 31.1 Å². The Kier molecular flexibility index (Phi) is 6.82. The van der Waals surface area contributed by atoms with E-state index >= 15 is 0 Å². The molecule has 1 amide bonds. The van der Waals surface area contributed by atoms with Crippen molar-refractivity contribution in [1.82, 2.24) is 4.31 Å². The number of halogens is 4. The Balaban J connectivity index is 1.83. The first-order valence-corrected chi connectivity index (χ1v) is 11.6. The molecule has 1 heterocycles. The molecule has 1 fully saturated rings. The highest BCUT2D eigenvalue weighted by molar-refractivity contribution is 7.88. The summed E-state index contributed by atoms with van der Waals surface area (Å²) in [5.74, 6) is -0.894. The van der Waals surface area contributed by atoms with Crippen LogP contribution < -0.4 is 10.1 Å². The first-order chi connectivity index (χ1) is 14.5. The van der Waals surface area contributed by atoms with Crippen molar-refractivity contribution in [3.05, 3.63) is 47.5 Å². The second-order valence-electron chi connectivity index (χ2n) is 7.11. The Labute approximate surface area is 183 Å². The molecule has 0 spiro atoms. The van der Waals surface area contributed by atoms with Gasteiger partial charge in [-0.15, -0.1) is 13.2 Å². The topological polar surface area (TPSA) is 75.7 Å². The summed E-state index contributed by atoms with van der Waals surface area (Å²) in [5, 5.41) is 2.74. The maximum atomic E-state index is 12.7. The van der Waals surface area contributed by atoms with Gasteiger partial charge < -0.3 is 10.1 Å². The first kappa shape index (κ1) is 23.4. The zero-order valence-corrected chi connectivity index (χ0v) is 18.0. The van der Waals surface area contributed by atoms with E-state index in [-0.39, 0.29) is 22.7 Å². The minimum Gasteiger partial charge on any atom is -0.405 e. The third-order valence-electron chi connectivity index (χ3n) is 4.82. The summed E-state index contributed by atoms with van der Waals surface area (Å²) in [6.07, 6.45) is -2.00. The summed E-state index contributed by atoms with van der Waals surface area (Å²) >= 11 is 6.28. The van der Waals surface area contributed by atoms with Gasteiger partial charge in [-0.2, -0.15) is 4.31 Å². The molecule has 1 aliphatic rings. The number of para-hydroxylation sites is 1. The second-order valence-corrected chi connectivity index (χ2v) is 9.46. The van der Waals surface area contributed by atoms with Crippen LogP contribution in [0.5, 0.6) is 5.75 Å². The van der Waals surface area contributed by atoms with Gasteiger partial charge in [-0.3, -0.25) is 4.79 Å². The molecule has 0 aliphatic carbocycles. The smallest absolute Gasteiger partial charge is 0.405 e. The minimum absolute atomic E-state index is 0.0969. The van der Waals surface area contributed by atoms with Gasteiger partial charge in [0.15, 0.2) is 0 Å². The van der Waals surface area contributed by atoms with Crippen molar-refractivity contribution in [2.75, 3.05) is 18.1 Å². The number of hydrogen-bond donors (Lipinski definition) is 1. The Morgan fingerprint density at radius 2 is 1.87 bits per heavy atom. The molecule has 3 rings (SSSR count). The molecule has 0 saturated carbocycles. The fourth-order valence-corrected chi connectivity index (χ4v) is 4.91. The number of anilines is 1. The molecule has 2 aromatic carbocycles. The Bertz CT molecular complexity index is 1080. The van der Waals surface area contributed by atoms with Crippen molar-refractivity contribution in [1.29, 1.82) is 0 Å². The van der Waals surface area contributed by atoms with Gasteiger partial charge in [0.1, 0.15) is 11.8 Å². The number of ether oxygens (including phenoxy) is 1. The molecular weight excluding hydrogens is 457 g/mol. The number of carbonyl (C=O) groups excluding carboxylic acids is 1. The van der Waals surface area contributed by atoms with Gasteiger partial charge in [0.25, 0.3) is 0 Å². The van der Waals surface area contributed by atoms with Crippen LogP contribution in [0.25, 0.3) is 11.1 Å². The first-order valence-electron chi connectivity index (χ1n) is 9.38. The zero-order chi connectivity index (χ0) is 22.8. The lowest BCUT2D eigenvalue weighted by atomic mass is 10.0. The molecule has 0 aromatic heterocycles. The maximum Gasteiger partial charge on any atom is 0.573 e. The standard InChI is InChI=1S/C20H20ClF3N2O4S/c1-31(28,29)26-11-5-4-7-17(26)19(27)25-13-9-10-14(16(21)12-13)15-6-2-3-8-18(15)30-20(22,23)24/h2-3,6,8-10,12,17H,4-5,7,11H2,1H3,(H,25,27). The molecule has 168 valence electrons. The lowest BCUT2D eigenvalue weighted by Gasteiger charge is -2.32. The molecule has 1 atom stereocenters. The fourth-order valence-electron chi connectivity index (χ4n) is 3.50. The predicted molar refractivity (Wildman–Crippen MR) is 111 cm³/mol. The number of carbonyl (C=O) groups is 1. The Morgan fingerprint density at radius 1 is 1.16 bits per heavy atom. The molecule has 1 N–H and O–H groups in total. The number of hydrogen-bond acceptors (Lipinski definition) is 4. The fraction of sp³-hybridized carbons (Fsp3) is 0.350. The number of amides is 1. The van der Waals surface area contributed by atoms with E-state index in [1.165, 1.54) is 40.7 Å². The molecule has 1 saturated heterocycles. The van der Waals surface area contributed by atoms with Crippen LogP contribution in [0.2, 0.25) is 5.02 Å². The van der Waals surface area contributed by atoms with Gasteiger partial charge in [0, 0.05) is 23.4 Å². The molecule has 2 aromatic rings. The van der Waals surface area contributed by atoms with Crippen LogP contribution in [-0.4, -0.2) is 43.8 Å². The van der Waals surface area contributed by atoms with Crippen molar-refractivity contribution in [2.24, 2.45) is 0 Å². The third-order valence-corrected chi connectivity index (χ3v) is 6.42. The third kappa shape index (κ3) is 5.90. The minimum atomic E-state index is -4.86. The maximum absolute atomic E-state index is 12.7. The van der Waals surface area contributed by atoms with Crippen LogP contribution in [0.4, 0.5) is 18.9 Å². The van der Waals surface area contributed by atoms with Gasteiger partial charge in [0.2, 0.25) is 15.9 Å². The quantitative estimate of drug-likeness (QED) is 0.681. The lowest BCUT2D eigenvalue weighted by molar-refractivity contribution is -0.274. The molecule has 1 unspecified atom stereocenters. The monoisotopic (exact) mass is 476 g/mol. The summed E-state index contributed by atoms with van der Waals surface area (Å²) in [6, 6.07) is 9.08. The lowest BCUT2D eigenvalue weighted by Crippen LogP contribution is -2.49. The van der Waals surface area contributed by atoms with E-state index < -0.39 is 34.1 Å². The van der Waals surface area contributed by atoms with Gasteiger partial charge in [-0.25, -0.2) is 8.42 Å². The summed E-state index contributed by atoms with van der Waals surface area (Å²) in [5.41, 5.74) is 0.722. The summed E-state index contributed by atoms with van der Waals surface area (Å²) < 4.78 is 67.3. The number of rotatable bonds is 5. The van der Waals surface area contributed by atoms with Crippen molar-refractivity contribution >= 4 is 33.2 Å². The van der Waals surface area contributed by atoms with Gasteiger partial charge in [-0.05, 0) is 31.0 Å². The van der Waals surface area contributed by atoms with Crippen LogP contribution >= 0.6 is 11.6 Å². The predicted octanol–water partition coefficient (Wildman–Crippen LogP) is 4.66. The molecule has 6 nitrogen and oxygen atoms in total. The van der Waals surface area contributed by atoms with E-state index in [0.29, 0.717) is 18.5 Å². The number of nitrogens with one attached hydrogen (secondary N) is 1. The molecule has 31 heavy (non-hydrogen) atoms. The van der Waals surface area contributed by atoms with E-state index in [9.17, 15) is 26.4 Å². The van der Waals surface area contributed by atoms with E-state index in [1.807, 2.05) is 0 Å². The normalized spacial score (nSPS) is 17.9. The number of benzene rings is 2. The van der Waals surface area contributed by atoms with Crippen molar-refractivity contribution in [3.63, 3.8) is 0 Å². The van der Waals surface area contributed by atoms with Crippen LogP contribution in [0, 0.1) is 0 Å². The molecular formula is C20H20ClF3N2O4S. The molecule has 0 radical (unpaired) electrons. The van der Waals surface area contributed by atoms with Crippen molar-refractivity contribution in [3.8, 4) is 16.9 Å². The largest absolute Gasteiger partial charge is 0.573 e. The molecule has 1 aliphatic heterocycles. The van der Waals surface area contributed by atoms with Crippen LogP contribution in [-0.2, 0) is 14.8 Å². The van der Waals surface area contributed by atoms with Gasteiger partial charge >= 0.3 is 6.36 Å². The summed E-state index contributed by atoms with van der Waals surface area (Å²) in [4.78, 5) is 12.7. The average Bonchev–Trinajstić information content (AvgIpc) is 2.67. The van der Waals surface area contributed by atoms with E-state index in [1.54, 1.807) is 6.07 Å². The van der Waals surface area contributed by atoms with E-state index in [0.717, 1.165) is 12.7 Å². The summed E-state index contributed by atoms with van der Waals surface area (Å²) in [6.45, 7) is 0.270. The number of sulfonamides is 1.